The molecule has 2 aromatic rings. The minimum atomic E-state index is -1.06. The van der Waals surface area contributed by atoms with Gasteiger partial charge in [0.25, 0.3) is 0 Å². The predicted molar refractivity (Wildman–Crippen MR) is 74.8 cm³/mol. The van der Waals surface area contributed by atoms with Gasteiger partial charge in [0.05, 0.1) is 0 Å². The van der Waals surface area contributed by atoms with E-state index in [1.165, 1.54) is 11.3 Å². The Morgan fingerprint density at radius 3 is 2.74 bits per heavy atom. The zero-order valence-corrected chi connectivity index (χ0v) is 11.5. The Labute approximate surface area is 117 Å². The van der Waals surface area contributed by atoms with Crippen LogP contribution in [0.1, 0.15) is 11.0 Å². The van der Waals surface area contributed by atoms with Gasteiger partial charge in [-0.2, -0.15) is 0 Å². The predicted octanol–water partition coefficient (Wildman–Crippen LogP) is 1.11. The van der Waals surface area contributed by atoms with Crippen molar-refractivity contribution in [2.24, 2.45) is 5.73 Å². The highest BCUT2D eigenvalue weighted by Crippen LogP contribution is 2.33. The fraction of sp³-hybridized carbons (Fsp3) is 0.167. The molecule has 0 bridgehead atoms. The lowest BCUT2D eigenvalue weighted by molar-refractivity contribution is -0.137. The van der Waals surface area contributed by atoms with Crippen LogP contribution in [0.5, 0.6) is 0 Å². The molecule has 0 saturated carbocycles. The Morgan fingerprint density at radius 1 is 1.32 bits per heavy atom. The molecule has 0 aromatic carbocycles. The summed E-state index contributed by atoms with van der Waals surface area (Å²) in [5.74, 6) is -1.95. The van der Waals surface area contributed by atoms with E-state index in [4.69, 9.17) is 5.73 Å². The summed E-state index contributed by atoms with van der Waals surface area (Å²) in [5.41, 5.74) is 4.80. The fourth-order valence-electron chi connectivity index (χ4n) is 1.46. The highest BCUT2D eigenvalue weighted by atomic mass is 32.1. The third-order valence-corrected chi connectivity index (χ3v) is 4.65. The van der Waals surface area contributed by atoms with Crippen molar-refractivity contribution < 1.29 is 14.7 Å². The SMILES string of the molecule is NC(=O)C(=O)NC[C@H](O)c1ccc(-c2cccs2)s1. The molecule has 0 unspecified atom stereocenters. The van der Waals surface area contributed by atoms with Crippen molar-refractivity contribution in [1.29, 1.82) is 0 Å². The zero-order valence-electron chi connectivity index (χ0n) is 9.83. The number of carbonyl (C=O) groups excluding carboxylic acids is 2. The van der Waals surface area contributed by atoms with Crippen LogP contribution in [0.2, 0.25) is 0 Å². The number of primary amides is 1. The van der Waals surface area contributed by atoms with Gasteiger partial charge in [-0.05, 0) is 23.6 Å². The Kier molecular flexibility index (Phi) is 4.31. The first-order chi connectivity index (χ1) is 9.08. The first kappa shape index (κ1) is 13.7. The molecule has 7 heteroatoms. The average molecular weight is 296 g/mol. The molecule has 4 N–H and O–H groups in total. The second kappa shape index (κ2) is 5.96. The van der Waals surface area contributed by atoms with Crippen molar-refractivity contribution >= 4 is 34.5 Å². The lowest BCUT2D eigenvalue weighted by Gasteiger charge is -2.08. The molecular formula is C12H12N2O3S2. The number of carbonyl (C=O) groups is 2. The van der Waals surface area contributed by atoms with Crippen molar-refractivity contribution in [3.8, 4) is 9.75 Å². The number of aliphatic hydroxyl groups excluding tert-OH is 1. The second-order valence-electron chi connectivity index (χ2n) is 3.77. The van der Waals surface area contributed by atoms with Gasteiger partial charge in [0.2, 0.25) is 0 Å². The van der Waals surface area contributed by atoms with Crippen molar-refractivity contribution in [2.45, 2.75) is 6.10 Å². The maximum absolute atomic E-state index is 11.0. The minimum Gasteiger partial charge on any atom is -0.386 e. The summed E-state index contributed by atoms with van der Waals surface area (Å²) in [7, 11) is 0. The van der Waals surface area contributed by atoms with E-state index in [9.17, 15) is 14.7 Å². The molecule has 2 heterocycles. The highest BCUT2D eigenvalue weighted by molar-refractivity contribution is 7.21. The molecule has 2 amide bonds. The molecule has 2 rings (SSSR count). The Bertz CT molecular complexity index is 578. The molecule has 0 aliphatic heterocycles. The van der Waals surface area contributed by atoms with Gasteiger partial charge in [-0.15, -0.1) is 22.7 Å². The smallest absolute Gasteiger partial charge is 0.309 e. The molecule has 1 atom stereocenters. The topological polar surface area (TPSA) is 92.4 Å². The molecule has 5 nitrogen and oxygen atoms in total. The van der Waals surface area contributed by atoms with Crippen LogP contribution >= 0.6 is 22.7 Å². The van der Waals surface area contributed by atoms with Crippen LogP contribution in [-0.2, 0) is 9.59 Å². The molecule has 2 aromatic heterocycles. The molecule has 0 saturated heterocycles. The summed E-state index contributed by atoms with van der Waals surface area (Å²) in [4.78, 5) is 24.4. The van der Waals surface area contributed by atoms with Crippen LogP contribution in [0, 0.1) is 0 Å². The third kappa shape index (κ3) is 3.40. The fourth-order valence-corrected chi connectivity index (χ4v) is 3.29. The van der Waals surface area contributed by atoms with Crippen LogP contribution in [0.15, 0.2) is 29.6 Å². The largest absolute Gasteiger partial charge is 0.386 e. The van der Waals surface area contributed by atoms with Crippen LogP contribution in [0.3, 0.4) is 0 Å². The molecule has 0 fully saturated rings. The minimum absolute atomic E-state index is 0.0355. The van der Waals surface area contributed by atoms with Gasteiger partial charge in [0, 0.05) is 21.2 Å². The maximum Gasteiger partial charge on any atom is 0.309 e. The number of nitrogens with two attached hydrogens (primary N) is 1. The lowest BCUT2D eigenvalue weighted by Crippen LogP contribution is -2.38. The van der Waals surface area contributed by atoms with E-state index < -0.39 is 17.9 Å². The number of thiophene rings is 2. The van der Waals surface area contributed by atoms with Gasteiger partial charge >= 0.3 is 11.8 Å². The molecule has 0 aliphatic carbocycles. The summed E-state index contributed by atoms with van der Waals surface area (Å²) in [6.45, 7) is -0.0355. The van der Waals surface area contributed by atoms with Gasteiger partial charge in [0.15, 0.2) is 0 Å². The quantitative estimate of drug-likeness (QED) is 0.738. The average Bonchev–Trinajstić information content (AvgIpc) is 3.04. The van der Waals surface area contributed by atoms with Gasteiger partial charge in [0.1, 0.15) is 6.10 Å². The summed E-state index contributed by atoms with van der Waals surface area (Å²) in [6, 6.07) is 7.69. The van der Waals surface area contributed by atoms with Crippen LogP contribution in [0.4, 0.5) is 0 Å². The van der Waals surface area contributed by atoms with Gasteiger partial charge < -0.3 is 16.2 Å². The number of hydrogen-bond donors (Lipinski definition) is 3. The highest BCUT2D eigenvalue weighted by Gasteiger charge is 2.15. The number of hydrogen-bond acceptors (Lipinski definition) is 5. The van der Waals surface area contributed by atoms with E-state index in [1.54, 1.807) is 17.4 Å². The number of aliphatic hydroxyl groups is 1. The Balaban J connectivity index is 1.98. The van der Waals surface area contributed by atoms with E-state index in [2.05, 4.69) is 5.32 Å². The van der Waals surface area contributed by atoms with Crippen molar-refractivity contribution in [3.63, 3.8) is 0 Å². The molecule has 0 radical (unpaired) electrons. The van der Waals surface area contributed by atoms with E-state index in [0.29, 0.717) is 0 Å². The number of amides is 2. The molecule has 0 spiro atoms. The van der Waals surface area contributed by atoms with Crippen molar-refractivity contribution in [2.75, 3.05) is 6.54 Å². The molecular weight excluding hydrogens is 284 g/mol. The number of rotatable bonds is 4. The molecule has 100 valence electrons. The molecule has 19 heavy (non-hydrogen) atoms. The first-order valence-electron chi connectivity index (χ1n) is 5.47. The van der Waals surface area contributed by atoms with Gasteiger partial charge in [-0.1, -0.05) is 6.07 Å². The standard InChI is InChI=1S/C12H12N2O3S2/c13-11(16)12(17)14-6-7(15)8-3-4-10(19-8)9-2-1-5-18-9/h1-5,7,15H,6H2,(H2,13,16)(H,14,17)/t7-/m0/s1. The third-order valence-electron chi connectivity index (χ3n) is 2.40. The van der Waals surface area contributed by atoms with Crippen LogP contribution < -0.4 is 11.1 Å². The normalized spacial score (nSPS) is 12.1. The van der Waals surface area contributed by atoms with Crippen LogP contribution in [0.25, 0.3) is 9.75 Å². The maximum atomic E-state index is 11.0. The van der Waals surface area contributed by atoms with Crippen molar-refractivity contribution in [1.82, 2.24) is 5.32 Å². The summed E-state index contributed by atoms with van der Waals surface area (Å²) < 4.78 is 0. The second-order valence-corrected chi connectivity index (χ2v) is 5.83. The van der Waals surface area contributed by atoms with E-state index in [-0.39, 0.29) is 6.54 Å². The molecule has 0 aliphatic rings. The Hall–Kier alpha value is -1.70. The van der Waals surface area contributed by atoms with Crippen molar-refractivity contribution in [3.05, 3.63) is 34.5 Å². The van der Waals surface area contributed by atoms with E-state index in [0.717, 1.165) is 14.6 Å². The number of nitrogens with one attached hydrogen (secondary N) is 1. The lowest BCUT2D eigenvalue weighted by atomic mass is 10.3. The van der Waals surface area contributed by atoms with E-state index in [1.807, 2.05) is 23.6 Å². The van der Waals surface area contributed by atoms with Crippen LogP contribution in [-0.4, -0.2) is 23.5 Å². The van der Waals surface area contributed by atoms with Gasteiger partial charge in [-0.3, -0.25) is 9.59 Å². The summed E-state index contributed by atoms with van der Waals surface area (Å²) >= 11 is 3.07. The summed E-state index contributed by atoms with van der Waals surface area (Å²) in [5, 5.41) is 14.2. The monoisotopic (exact) mass is 296 g/mol. The van der Waals surface area contributed by atoms with E-state index >= 15 is 0 Å². The Morgan fingerprint density at radius 2 is 2.11 bits per heavy atom. The van der Waals surface area contributed by atoms with Gasteiger partial charge in [-0.25, -0.2) is 0 Å². The first-order valence-corrected chi connectivity index (χ1v) is 7.17. The zero-order chi connectivity index (χ0) is 13.8. The summed E-state index contributed by atoms with van der Waals surface area (Å²) in [6.07, 6.45) is -0.845.